The van der Waals surface area contributed by atoms with Crippen LogP contribution in [0.2, 0.25) is 0 Å². The number of hydrogen-bond donors (Lipinski definition) is 2. The van der Waals surface area contributed by atoms with Crippen LogP contribution in [0.15, 0.2) is 53.6 Å². The molecule has 5 nitrogen and oxygen atoms in total. The first-order valence-corrected chi connectivity index (χ1v) is 7.39. The summed E-state index contributed by atoms with van der Waals surface area (Å²) in [6.07, 6.45) is 1.92. The van der Waals surface area contributed by atoms with Gasteiger partial charge in [0.2, 0.25) is 5.91 Å². The molecule has 0 saturated carbocycles. The standard InChI is InChI=1S/C18H20N2O3/c1-13(2)23-17-9-5-15(6-10-17)12-19-20-18(22)11-14-3-7-16(21)8-4-14/h3-10,12-13,21H,11H2,1-2H3,(H,20,22)/b19-12-. The van der Waals surface area contributed by atoms with Crippen LogP contribution in [0, 0.1) is 0 Å². The van der Waals surface area contributed by atoms with Crippen molar-refractivity contribution in [2.75, 3.05) is 0 Å². The molecule has 5 heteroatoms. The van der Waals surface area contributed by atoms with Crippen molar-refractivity contribution >= 4 is 12.1 Å². The van der Waals surface area contributed by atoms with E-state index in [9.17, 15) is 9.90 Å². The van der Waals surface area contributed by atoms with Crippen molar-refractivity contribution in [3.8, 4) is 11.5 Å². The number of rotatable bonds is 6. The number of phenols is 1. The number of amides is 1. The molecule has 0 aliphatic rings. The van der Waals surface area contributed by atoms with Gasteiger partial charge < -0.3 is 9.84 Å². The highest BCUT2D eigenvalue weighted by atomic mass is 16.5. The highest BCUT2D eigenvalue weighted by Gasteiger charge is 2.02. The van der Waals surface area contributed by atoms with Crippen molar-refractivity contribution in [2.45, 2.75) is 26.4 Å². The van der Waals surface area contributed by atoms with Crippen molar-refractivity contribution in [3.05, 3.63) is 59.7 Å². The fraction of sp³-hybridized carbons (Fsp3) is 0.222. The molecule has 1 amide bonds. The lowest BCUT2D eigenvalue weighted by Gasteiger charge is -2.09. The maximum Gasteiger partial charge on any atom is 0.244 e. The molecule has 120 valence electrons. The van der Waals surface area contributed by atoms with Crippen LogP contribution in [0.4, 0.5) is 0 Å². The fourth-order valence-electron chi connectivity index (χ4n) is 1.92. The van der Waals surface area contributed by atoms with E-state index in [2.05, 4.69) is 10.5 Å². The summed E-state index contributed by atoms with van der Waals surface area (Å²) < 4.78 is 5.55. The van der Waals surface area contributed by atoms with Crippen LogP contribution < -0.4 is 10.2 Å². The van der Waals surface area contributed by atoms with Gasteiger partial charge in [-0.3, -0.25) is 4.79 Å². The fourth-order valence-corrected chi connectivity index (χ4v) is 1.92. The van der Waals surface area contributed by atoms with Gasteiger partial charge in [-0.15, -0.1) is 0 Å². The number of hydrogen-bond acceptors (Lipinski definition) is 4. The Kier molecular flexibility index (Phi) is 5.74. The molecule has 2 N–H and O–H groups in total. The van der Waals surface area contributed by atoms with Gasteiger partial charge in [-0.2, -0.15) is 5.10 Å². The van der Waals surface area contributed by atoms with Gasteiger partial charge in [0.1, 0.15) is 11.5 Å². The van der Waals surface area contributed by atoms with Gasteiger partial charge in [0, 0.05) is 0 Å². The number of nitrogens with zero attached hydrogens (tertiary/aromatic N) is 1. The van der Waals surface area contributed by atoms with Gasteiger partial charge in [0.05, 0.1) is 18.7 Å². The summed E-state index contributed by atoms with van der Waals surface area (Å²) in [6.45, 7) is 3.94. The Bertz CT molecular complexity index is 662. The minimum atomic E-state index is -0.216. The largest absolute Gasteiger partial charge is 0.508 e. The van der Waals surface area contributed by atoms with Crippen LogP contribution in [0.1, 0.15) is 25.0 Å². The third-order valence-electron chi connectivity index (χ3n) is 2.96. The Morgan fingerprint density at radius 2 is 1.83 bits per heavy atom. The number of phenolic OH excluding ortho intramolecular Hbond substituents is 1. The zero-order valence-corrected chi connectivity index (χ0v) is 13.2. The van der Waals surface area contributed by atoms with Gasteiger partial charge >= 0.3 is 0 Å². The molecule has 0 radical (unpaired) electrons. The summed E-state index contributed by atoms with van der Waals surface area (Å²) in [5.41, 5.74) is 4.16. The van der Waals surface area contributed by atoms with E-state index in [0.717, 1.165) is 16.9 Å². The molecule has 2 aromatic rings. The van der Waals surface area contributed by atoms with Crippen LogP contribution in [0.5, 0.6) is 11.5 Å². The van der Waals surface area contributed by atoms with E-state index in [1.54, 1.807) is 30.5 Å². The molecule has 0 spiro atoms. The normalized spacial score (nSPS) is 10.9. The third-order valence-corrected chi connectivity index (χ3v) is 2.96. The van der Waals surface area contributed by atoms with Crippen molar-refractivity contribution in [1.82, 2.24) is 5.43 Å². The molecular weight excluding hydrogens is 292 g/mol. The smallest absolute Gasteiger partial charge is 0.244 e. The summed E-state index contributed by atoms with van der Waals surface area (Å²) in [7, 11) is 0. The average molecular weight is 312 g/mol. The second kappa shape index (κ2) is 7.98. The summed E-state index contributed by atoms with van der Waals surface area (Å²) in [4.78, 5) is 11.8. The molecule has 0 aliphatic carbocycles. The number of hydrazone groups is 1. The topological polar surface area (TPSA) is 70.9 Å². The quantitative estimate of drug-likeness (QED) is 0.636. The van der Waals surface area contributed by atoms with Crippen LogP contribution in [-0.4, -0.2) is 23.3 Å². The van der Waals surface area contributed by atoms with Gasteiger partial charge in [0.15, 0.2) is 0 Å². The number of carbonyl (C=O) groups excluding carboxylic acids is 1. The van der Waals surface area contributed by atoms with E-state index in [-0.39, 0.29) is 24.2 Å². The van der Waals surface area contributed by atoms with Crippen LogP contribution in [-0.2, 0) is 11.2 Å². The summed E-state index contributed by atoms with van der Waals surface area (Å²) in [5, 5.41) is 13.1. The third kappa shape index (κ3) is 5.82. The van der Waals surface area contributed by atoms with Crippen LogP contribution in [0.3, 0.4) is 0 Å². The van der Waals surface area contributed by atoms with Gasteiger partial charge in [-0.05, 0) is 61.4 Å². The Balaban J connectivity index is 1.83. The van der Waals surface area contributed by atoms with E-state index in [1.165, 1.54) is 0 Å². The zero-order valence-electron chi connectivity index (χ0n) is 13.2. The first-order chi connectivity index (χ1) is 11.0. The minimum Gasteiger partial charge on any atom is -0.508 e. The summed E-state index contributed by atoms with van der Waals surface area (Å²) in [5.74, 6) is 0.761. The Morgan fingerprint density at radius 1 is 1.17 bits per heavy atom. The number of nitrogens with one attached hydrogen (secondary N) is 1. The minimum absolute atomic E-state index is 0.133. The summed E-state index contributed by atoms with van der Waals surface area (Å²) >= 11 is 0. The Morgan fingerprint density at radius 3 is 2.43 bits per heavy atom. The predicted octanol–water partition coefficient (Wildman–Crippen LogP) is 2.87. The Labute approximate surface area is 135 Å². The molecule has 0 aliphatic heterocycles. The SMILES string of the molecule is CC(C)Oc1ccc(/C=N\NC(=O)Cc2ccc(O)cc2)cc1. The van der Waals surface area contributed by atoms with Crippen molar-refractivity contribution in [3.63, 3.8) is 0 Å². The zero-order chi connectivity index (χ0) is 16.7. The second-order valence-corrected chi connectivity index (χ2v) is 5.37. The molecule has 0 heterocycles. The van der Waals surface area contributed by atoms with Crippen molar-refractivity contribution < 1.29 is 14.6 Å². The maximum atomic E-state index is 11.8. The molecule has 0 aromatic heterocycles. The molecule has 2 rings (SSSR count). The Hall–Kier alpha value is -2.82. The highest BCUT2D eigenvalue weighted by molar-refractivity contribution is 5.83. The number of carbonyl (C=O) groups is 1. The second-order valence-electron chi connectivity index (χ2n) is 5.37. The van der Waals surface area contributed by atoms with Gasteiger partial charge in [0.25, 0.3) is 0 Å². The molecule has 0 bridgehead atoms. The monoisotopic (exact) mass is 312 g/mol. The number of benzene rings is 2. The lowest BCUT2D eigenvalue weighted by atomic mass is 10.1. The first kappa shape index (κ1) is 16.5. The molecule has 0 saturated heterocycles. The predicted molar refractivity (Wildman–Crippen MR) is 89.8 cm³/mol. The average Bonchev–Trinajstić information content (AvgIpc) is 2.51. The first-order valence-electron chi connectivity index (χ1n) is 7.39. The highest BCUT2D eigenvalue weighted by Crippen LogP contribution is 2.13. The lowest BCUT2D eigenvalue weighted by Crippen LogP contribution is -2.19. The molecule has 0 atom stereocenters. The van der Waals surface area contributed by atoms with Crippen LogP contribution in [0.25, 0.3) is 0 Å². The molecule has 0 unspecified atom stereocenters. The molecule has 23 heavy (non-hydrogen) atoms. The van der Waals surface area contributed by atoms with Crippen molar-refractivity contribution in [1.29, 1.82) is 0 Å². The van der Waals surface area contributed by atoms with Crippen molar-refractivity contribution in [2.24, 2.45) is 5.10 Å². The molecule has 0 fully saturated rings. The summed E-state index contributed by atoms with van der Waals surface area (Å²) in [6, 6.07) is 14.0. The number of aromatic hydroxyl groups is 1. The van der Waals surface area contributed by atoms with Crippen LogP contribution >= 0.6 is 0 Å². The van der Waals surface area contributed by atoms with Gasteiger partial charge in [-0.25, -0.2) is 5.43 Å². The van der Waals surface area contributed by atoms with E-state index in [4.69, 9.17) is 4.74 Å². The van der Waals surface area contributed by atoms with E-state index >= 15 is 0 Å². The van der Waals surface area contributed by atoms with Gasteiger partial charge in [-0.1, -0.05) is 12.1 Å². The molecule has 2 aromatic carbocycles. The molecular formula is C18H20N2O3. The van der Waals surface area contributed by atoms with E-state index < -0.39 is 0 Å². The van der Waals surface area contributed by atoms with E-state index in [1.807, 2.05) is 38.1 Å². The maximum absolute atomic E-state index is 11.8. The number of ether oxygens (including phenoxy) is 1. The van der Waals surface area contributed by atoms with E-state index in [0.29, 0.717) is 0 Å². The lowest BCUT2D eigenvalue weighted by molar-refractivity contribution is -0.120.